The summed E-state index contributed by atoms with van der Waals surface area (Å²) in [7, 11) is 0. The molecule has 3 N–H and O–H groups in total. The third-order valence-corrected chi connectivity index (χ3v) is 5.56. The van der Waals surface area contributed by atoms with Gasteiger partial charge in [0, 0.05) is 36.6 Å². The number of benzene rings is 2. The van der Waals surface area contributed by atoms with Crippen molar-refractivity contribution >= 4 is 23.6 Å². The maximum absolute atomic E-state index is 12.7. The van der Waals surface area contributed by atoms with E-state index in [9.17, 15) is 24.3 Å². The zero-order valence-corrected chi connectivity index (χ0v) is 17.4. The van der Waals surface area contributed by atoms with E-state index in [2.05, 4.69) is 22.5 Å². The molecule has 0 aromatic heterocycles. The van der Waals surface area contributed by atoms with Crippen molar-refractivity contribution in [1.29, 1.82) is 0 Å². The molecule has 8 heteroatoms. The fourth-order valence-corrected chi connectivity index (χ4v) is 3.88. The summed E-state index contributed by atoms with van der Waals surface area (Å²) in [6.45, 7) is 2.32. The quantitative estimate of drug-likeness (QED) is 0.498. The highest BCUT2D eigenvalue weighted by molar-refractivity contribution is 6.05. The van der Waals surface area contributed by atoms with Gasteiger partial charge in [-0.2, -0.15) is 0 Å². The topological polar surface area (TPSA) is 116 Å². The Balaban J connectivity index is 1.39. The number of carbonyl (C=O) groups is 4. The molecule has 2 aliphatic heterocycles. The molecule has 1 unspecified atom stereocenters. The standard InChI is InChI=1S/C24H21N3O5/c1-14-10-18(28)5-3-16(14)4-8-21(29)25-12-15-2-6-19-17(11-15)13-27(24(19)32)20-7-9-22(30)26-23(20)31/h2-3,5-6,10-11,20,28H,7,9,12-13H2,1H3,(H,25,29)(H,26,30,31). The van der Waals surface area contributed by atoms with Gasteiger partial charge in [-0.3, -0.25) is 24.5 Å². The highest BCUT2D eigenvalue weighted by atomic mass is 16.3. The van der Waals surface area contributed by atoms with Gasteiger partial charge >= 0.3 is 0 Å². The number of carbonyl (C=O) groups excluding carboxylic acids is 4. The van der Waals surface area contributed by atoms with Gasteiger partial charge in [0.1, 0.15) is 11.8 Å². The predicted molar refractivity (Wildman–Crippen MR) is 114 cm³/mol. The van der Waals surface area contributed by atoms with Gasteiger partial charge in [-0.25, -0.2) is 0 Å². The molecule has 1 fully saturated rings. The molecule has 8 nitrogen and oxygen atoms in total. The average molecular weight is 431 g/mol. The second-order valence-corrected chi connectivity index (χ2v) is 7.82. The Morgan fingerprint density at radius 1 is 1.22 bits per heavy atom. The summed E-state index contributed by atoms with van der Waals surface area (Å²) in [6.07, 6.45) is 0.519. The first-order valence-corrected chi connectivity index (χ1v) is 10.2. The molecule has 1 atom stereocenters. The molecule has 2 aromatic rings. The number of rotatable bonds is 3. The number of piperidine rings is 1. The second-order valence-electron chi connectivity index (χ2n) is 7.82. The third-order valence-electron chi connectivity index (χ3n) is 5.56. The summed E-state index contributed by atoms with van der Waals surface area (Å²) in [6, 6.07) is 9.35. The van der Waals surface area contributed by atoms with E-state index in [4.69, 9.17) is 0 Å². The van der Waals surface area contributed by atoms with Crippen molar-refractivity contribution in [2.24, 2.45) is 0 Å². The molecular formula is C24H21N3O5. The molecule has 0 aliphatic carbocycles. The lowest BCUT2D eigenvalue weighted by Gasteiger charge is -2.29. The maximum atomic E-state index is 12.7. The van der Waals surface area contributed by atoms with Crippen molar-refractivity contribution in [2.75, 3.05) is 0 Å². The number of aromatic hydroxyl groups is 1. The number of aryl methyl sites for hydroxylation is 1. The van der Waals surface area contributed by atoms with Crippen molar-refractivity contribution in [2.45, 2.75) is 38.9 Å². The smallest absolute Gasteiger partial charge is 0.296 e. The summed E-state index contributed by atoms with van der Waals surface area (Å²) in [5, 5.41) is 14.4. The minimum Gasteiger partial charge on any atom is -0.508 e. The van der Waals surface area contributed by atoms with Crippen molar-refractivity contribution < 1.29 is 24.3 Å². The van der Waals surface area contributed by atoms with Crippen molar-refractivity contribution in [3.05, 3.63) is 64.2 Å². The van der Waals surface area contributed by atoms with Gasteiger partial charge in [-0.15, -0.1) is 0 Å². The van der Waals surface area contributed by atoms with Crippen LogP contribution in [0.5, 0.6) is 5.75 Å². The number of amides is 4. The van der Waals surface area contributed by atoms with Crippen LogP contribution in [0, 0.1) is 18.8 Å². The summed E-state index contributed by atoms with van der Waals surface area (Å²) < 4.78 is 0. The molecule has 4 amide bonds. The molecule has 2 aliphatic rings. The Labute approximate surface area is 184 Å². The van der Waals surface area contributed by atoms with Crippen LogP contribution >= 0.6 is 0 Å². The van der Waals surface area contributed by atoms with Gasteiger partial charge in [0.15, 0.2) is 0 Å². The summed E-state index contributed by atoms with van der Waals surface area (Å²) in [5.41, 5.74) is 3.53. The van der Waals surface area contributed by atoms with E-state index in [0.29, 0.717) is 17.5 Å². The van der Waals surface area contributed by atoms with E-state index in [1.54, 1.807) is 31.2 Å². The van der Waals surface area contributed by atoms with Crippen LogP contribution in [0.15, 0.2) is 36.4 Å². The molecule has 0 bridgehead atoms. The van der Waals surface area contributed by atoms with Crippen molar-refractivity contribution in [1.82, 2.24) is 15.5 Å². The van der Waals surface area contributed by atoms with Gasteiger partial charge in [0.2, 0.25) is 11.8 Å². The molecule has 162 valence electrons. The molecule has 32 heavy (non-hydrogen) atoms. The van der Waals surface area contributed by atoms with Crippen molar-refractivity contribution in [3.63, 3.8) is 0 Å². The number of hydrogen-bond donors (Lipinski definition) is 3. The van der Waals surface area contributed by atoms with Gasteiger partial charge in [0.25, 0.3) is 11.8 Å². The largest absolute Gasteiger partial charge is 0.508 e. The summed E-state index contributed by atoms with van der Waals surface area (Å²) >= 11 is 0. The monoisotopic (exact) mass is 431 g/mol. The summed E-state index contributed by atoms with van der Waals surface area (Å²) in [5.74, 6) is 4.01. The molecule has 4 rings (SSSR count). The minimum atomic E-state index is -0.658. The first-order chi connectivity index (χ1) is 15.3. The lowest BCUT2D eigenvalue weighted by molar-refractivity contribution is -0.137. The molecule has 0 radical (unpaired) electrons. The Bertz CT molecular complexity index is 1210. The van der Waals surface area contributed by atoms with Gasteiger partial charge in [-0.05, 0) is 54.3 Å². The van der Waals surface area contributed by atoms with Crippen molar-refractivity contribution in [3.8, 4) is 17.6 Å². The number of hydrogen-bond acceptors (Lipinski definition) is 5. The summed E-state index contributed by atoms with van der Waals surface area (Å²) in [4.78, 5) is 49.8. The Hall–Kier alpha value is -4.12. The normalized spacial score (nSPS) is 17.3. The van der Waals surface area contributed by atoms with Crippen LogP contribution in [0.1, 0.15) is 45.5 Å². The number of nitrogens with zero attached hydrogens (tertiary/aromatic N) is 1. The molecule has 0 saturated carbocycles. The lowest BCUT2D eigenvalue weighted by atomic mass is 10.0. The van der Waals surface area contributed by atoms with E-state index in [0.717, 1.165) is 16.7 Å². The van der Waals surface area contributed by atoms with Gasteiger partial charge in [-0.1, -0.05) is 18.1 Å². The minimum absolute atomic E-state index is 0.142. The highest BCUT2D eigenvalue weighted by Crippen LogP contribution is 2.28. The molecule has 1 saturated heterocycles. The number of imide groups is 1. The maximum Gasteiger partial charge on any atom is 0.296 e. The van der Waals surface area contributed by atoms with E-state index in [1.807, 2.05) is 6.07 Å². The van der Waals surface area contributed by atoms with E-state index in [1.165, 1.54) is 11.0 Å². The Morgan fingerprint density at radius 2 is 2.03 bits per heavy atom. The highest BCUT2D eigenvalue weighted by Gasteiger charge is 2.39. The van der Waals surface area contributed by atoms with Crippen LogP contribution in [0.2, 0.25) is 0 Å². The zero-order valence-electron chi connectivity index (χ0n) is 17.4. The second kappa shape index (κ2) is 8.55. The zero-order chi connectivity index (χ0) is 22.8. The van der Waals surface area contributed by atoms with Crippen LogP contribution in [0.25, 0.3) is 0 Å². The Morgan fingerprint density at radius 3 is 2.78 bits per heavy atom. The van der Waals surface area contributed by atoms with E-state index >= 15 is 0 Å². The lowest BCUT2D eigenvalue weighted by Crippen LogP contribution is -2.52. The number of fused-ring (bicyclic) bond motifs is 1. The van der Waals surface area contributed by atoms with E-state index in [-0.39, 0.29) is 37.1 Å². The average Bonchev–Trinajstić information content (AvgIpc) is 3.07. The van der Waals surface area contributed by atoms with Gasteiger partial charge in [0.05, 0.1) is 0 Å². The third kappa shape index (κ3) is 4.32. The number of phenolic OH excluding ortho intramolecular Hbond substituents is 1. The molecular weight excluding hydrogens is 410 g/mol. The van der Waals surface area contributed by atoms with Gasteiger partial charge < -0.3 is 15.3 Å². The first kappa shape index (κ1) is 21.1. The van der Waals surface area contributed by atoms with E-state index < -0.39 is 17.9 Å². The van der Waals surface area contributed by atoms with Crippen LogP contribution < -0.4 is 10.6 Å². The predicted octanol–water partition coefficient (Wildman–Crippen LogP) is 1.13. The fourth-order valence-electron chi connectivity index (χ4n) is 3.88. The van der Waals surface area contributed by atoms with Crippen LogP contribution in [-0.4, -0.2) is 39.7 Å². The number of phenols is 1. The number of nitrogens with one attached hydrogen (secondary N) is 2. The fraction of sp³-hybridized carbons (Fsp3) is 0.250. The molecule has 2 heterocycles. The first-order valence-electron chi connectivity index (χ1n) is 10.2. The van der Waals surface area contributed by atoms with Crippen LogP contribution in [0.4, 0.5) is 0 Å². The Kier molecular flexibility index (Phi) is 5.65. The SMILES string of the molecule is Cc1cc(O)ccc1C#CC(=O)NCc1ccc2c(c1)CN(C1CCC(=O)NC1=O)C2=O. The van der Waals surface area contributed by atoms with Crippen LogP contribution in [-0.2, 0) is 27.5 Å². The molecule has 2 aromatic carbocycles. The van der Waals surface area contributed by atoms with Crippen LogP contribution in [0.3, 0.4) is 0 Å². The molecule has 0 spiro atoms.